The molecular formula is C15H30N2. The molecule has 0 aromatic carbocycles. The van der Waals surface area contributed by atoms with Crippen LogP contribution in [0.15, 0.2) is 0 Å². The Morgan fingerprint density at radius 1 is 1.00 bits per heavy atom. The first kappa shape index (κ1) is 13.4. The molecule has 100 valence electrons. The zero-order valence-corrected chi connectivity index (χ0v) is 11.6. The van der Waals surface area contributed by atoms with Gasteiger partial charge in [0.05, 0.1) is 0 Å². The van der Waals surface area contributed by atoms with Gasteiger partial charge in [0.1, 0.15) is 0 Å². The van der Waals surface area contributed by atoms with Crippen LogP contribution in [-0.4, -0.2) is 37.6 Å². The summed E-state index contributed by atoms with van der Waals surface area (Å²) >= 11 is 0. The Balaban J connectivity index is 1.57. The fourth-order valence-corrected chi connectivity index (χ4v) is 3.41. The van der Waals surface area contributed by atoms with E-state index in [1.807, 2.05) is 0 Å². The van der Waals surface area contributed by atoms with Crippen molar-refractivity contribution >= 4 is 0 Å². The van der Waals surface area contributed by atoms with Crippen LogP contribution in [-0.2, 0) is 0 Å². The second kappa shape index (κ2) is 7.38. The number of rotatable bonds is 6. The van der Waals surface area contributed by atoms with Crippen molar-refractivity contribution in [1.29, 1.82) is 0 Å². The van der Waals surface area contributed by atoms with Gasteiger partial charge in [-0.1, -0.05) is 19.8 Å². The molecule has 0 amide bonds. The van der Waals surface area contributed by atoms with Gasteiger partial charge in [-0.3, -0.25) is 0 Å². The first-order chi connectivity index (χ1) is 8.38. The lowest BCUT2D eigenvalue weighted by molar-refractivity contribution is 0.160. The lowest BCUT2D eigenvalue weighted by atomic mass is 9.95. The fourth-order valence-electron chi connectivity index (χ4n) is 3.41. The van der Waals surface area contributed by atoms with E-state index >= 15 is 0 Å². The summed E-state index contributed by atoms with van der Waals surface area (Å²) in [7, 11) is 0. The molecule has 1 saturated heterocycles. The maximum Gasteiger partial charge on any atom is 0.000966 e. The van der Waals surface area contributed by atoms with E-state index in [2.05, 4.69) is 17.1 Å². The molecule has 1 aliphatic heterocycles. The molecule has 1 N–H and O–H groups in total. The third-order valence-electron chi connectivity index (χ3n) is 4.56. The zero-order chi connectivity index (χ0) is 11.9. The Hall–Kier alpha value is -0.0800. The summed E-state index contributed by atoms with van der Waals surface area (Å²) in [5, 5.41) is 3.57. The van der Waals surface area contributed by atoms with Crippen LogP contribution in [0.1, 0.15) is 51.9 Å². The van der Waals surface area contributed by atoms with Crippen molar-refractivity contribution in [2.24, 2.45) is 11.8 Å². The second-order valence-electron chi connectivity index (χ2n) is 6.10. The van der Waals surface area contributed by atoms with Gasteiger partial charge in [0, 0.05) is 6.54 Å². The number of hydrogen-bond donors (Lipinski definition) is 1. The molecule has 2 nitrogen and oxygen atoms in total. The SMILES string of the molecule is CCCNCC1CCN(CC2CCCC2)CC1. The van der Waals surface area contributed by atoms with Gasteiger partial charge in [-0.25, -0.2) is 0 Å². The monoisotopic (exact) mass is 238 g/mol. The van der Waals surface area contributed by atoms with Crippen molar-refractivity contribution in [3.63, 3.8) is 0 Å². The Kier molecular flexibility index (Phi) is 5.79. The van der Waals surface area contributed by atoms with E-state index < -0.39 is 0 Å². The number of nitrogens with one attached hydrogen (secondary N) is 1. The highest BCUT2D eigenvalue weighted by Gasteiger charge is 2.22. The summed E-state index contributed by atoms with van der Waals surface area (Å²) in [5.74, 6) is 1.98. The van der Waals surface area contributed by atoms with Gasteiger partial charge in [0.15, 0.2) is 0 Å². The van der Waals surface area contributed by atoms with Crippen molar-refractivity contribution in [1.82, 2.24) is 10.2 Å². The summed E-state index contributed by atoms with van der Waals surface area (Å²) in [4.78, 5) is 2.73. The first-order valence-electron chi connectivity index (χ1n) is 7.81. The van der Waals surface area contributed by atoms with Gasteiger partial charge in [0.2, 0.25) is 0 Å². The van der Waals surface area contributed by atoms with Crippen molar-refractivity contribution in [3.05, 3.63) is 0 Å². The van der Waals surface area contributed by atoms with Gasteiger partial charge in [-0.2, -0.15) is 0 Å². The van der Waals surface area contributed by atoms with Gasteiger partial charge < -0.3 is 10.2 Å². The lowest BCUT2D eigenvalue weighted by Gasteiger charge is -2.33. The molecule has 0 radical (unpaired) electrons. The fraction of sp³-hybridized carbons (Fsp3) is 1.00. The molecular weight excluding hydrogens is 208 g/mol. The smallest absolute Gasteiger partial charge is 0.000966 e. The predicted molar refractivity (Wildman–Crippen MR) is 74.3 cm³/mol. The molecule has 0 atom stereocenters. The van der Waals surface area contributed by atoms with E-state index in [0.29, 0.717) is 0 Å². The predicted octanol–water partition coefficient (Wildman–Crippen LogP) is 2.89. The quantitative estimate of drug-likeness (QED) is 0.716. The van der Waals surface area contributed by atoms with Crippen LogP contribution in [0.5, 0.6) is 0 Å². The van der Waals surface area contributed by atoms with Crippen molar-refractivity contribution < 1.29 is 0 Å². The summed E-state index contributed by atoms with van der Waals surface area (Å²) < 4.78 is 0. The van der Waals surface area contributed by atoms with Gasteiger partial charge >= 0.3 is 0 Å². The van der Waals surface area contributed by atoms with Gasteiger partial charge in [-0.05, 0) is 70.1 Å². The number of likely N-dealkylation sites (tertiary alicyclic amines) is 1. The zero-order valence-electron chi connectivity index (χ0n) is 11.6. The first-order valence-corrected chi connectivity index (χ1v) is 7.81. The minimum Gasteiger partial charge on any atom is -0.316 e. The van der Waals surface area contributed by atoms with Crippen LogP contribution in [0.25, 0.3) is 0 Å². The largest absolute Gasteiger partial charge is 0.316 e. The molecule has 2 rings (SSSR count). The van der Waals surface area contributed by atoms with Crippen molar-refractivity contribution in [2.75, 3.05) is 32.7 Å². The van der Waals surface area contributed by atoms with Crippen LogP contribution in [0.4, 0.5) is 0 Å². The van der Waals surface area contributed by atoms with Crippen LogP contribution < -0.4 is 5.32 Å². The number of piperidine rings is 1. The second-order valence-corrected chi connectivity index (χ2v) is 6.10. The summed E-state index contributed by atoms with van der Waals surface area (Å²) in [6, 6.07) is 0. The Bertz CT molecular complexity index is 191. The van der Waals surface area contributed by atoms with Gasteiger partial charge in [0.25, 0.3) is 0 Å². The van der Waals surface area contributed by atoms with Crippen LogP contribution in [0.3, 0.4) is 0 Å². The average molecular weight is 238 g/mol. The third-order valence-corrected chi connectivity index (χ3v) is 4.56. The topological polar surface area (TPSA) is 15.3 Å². The Morgan fingerprint density at radius 2 is 1.71 bits per heavy atom. The Labute approximate surface area is 107 Å². The third kappa shape index (κ3) is 4.59. The molecule has 0 unspecified atom stereocenters. The highest BCUT2D eigenvalue weighted by Crippen LogP contribution is 2.27. The highest BCUT2D eigenvalue weighted by molar-refractivity contribution is 4.77. The molecule has 0 bridgehead atoms. The summed E-state index contributed by atoms with van der Waals surface area (Å²) in [6.45, 7) is 8.81. The molecule has 2 aliphatic rings. The summed E-state index contributed by atoms with van der Waals surface area (Å²) in [5.41, 5.74) is 0. The van der Waals surface area contributed by atoms with Crippen molar-refractivity contribution in [2.45, 2.75) is 51.9 Å². The van der Waals surface area contributed by atoms with Crippen LogP contribution >= 0.6 is 0 Å². The minimum atomic E-state index is 0.946. The van der Waals surface area contributed by atoms with E-state index in [4.69, 9.17) is 0 Å². The van der Waals surface area contributed by atoms with Crippen LogP contribution in [0.2, 0.25) is 0 Å². The van der Waals surface area contributed by atoms with E-state index in [-0.39, 0.29) is 0 Å². The molecule has 2 heteroatoms. The molecule has 0 spiro atoms. The highest BCUT2D eigenvalue weighted by atomic mass is 15.1. The molecule has 2 fully saturated rings. The van der Waals surface area contributed by atoms with Crippen molar-refractivity contribution in [3.8, 4) is 0 Å². The lowest BCUT2D eigenvalue weighted by Crippen LogP contribution is -2.39. The molecule has 1 saturated carbocycles. The maximum atomic E-state index is 3.57. The van der Waals surface area contributed by atoms with E-state index in [9.17, 15) is 0 Å². The van der Waals surface area contributed by atoms with Crippen LogP contribution in [0, 0.1) is 11.8 Å². The number of nitrogens with zero attached hydrogens (tertiary/aromatic N) is 1. The van der Waals surface area contributed by atoms with Gasteiger partial charge in [-0.15, -0.1) is 0 Å². The maximum absolute atomic E-state index is 3.57. The molecule has 1 heterocycles. The van der Waals surface area contributed by atoms with E-state index in [1.165, 1.54) is 77.7 Å². The normalized spacial score (nSPS) is 24.5. The Morgan fingerprint density at radius 3 is 2.35 bits per heavy atom. The summed E-state index contributed by atoms with van der Waals surface area (Å²) in [6.07, 6.45) is 10.1. The van der Waals surface area contributed by atoms with E-state index in [0.717, 1.165) is 11.8 Å². The molecule has 0 aromatic rings. The van der Waals surface area contributed by atoms with E-state index in [1.54, 1.807) is 0 Å². The standard InChI is InChI=1S/C15H30N2/c1-2-9-16-12-14-7-10-17(11-8-14)13-15-5-3-4-6-15/h14-16H,2-13H2,1H3. The minimum absolute atomic E-state index is 0.946. The number of hydrogen-bond acceptors (Lipinski definition) is 2. The average Bonchev–Trinajstić information content (AvgIpc) is 2.85. The molecule has 1 aliphatic carbocycles. The molecule has 0 aromatic heterocycles. The molecule has 17 heavy (non-hydrogen) atoms.